The Labute approximate surface area is 100 Å². The summed E-state index contributed by atoms with van der Waals surface area (Å²) in [6.07, 6.45) is 2.92. The van der Waals surface area contributed by atoms with Gasteiger partial charge in [0.05, 0.1) is 11.6 Å². The number of hydrogen-bond donors (Lipinski definition) is 2. The lowest BCUT2D eigenvalue weighted by molar-refractivity contribution is 0.142. The number of rotatable bonds is 1. The minimum absolute atomic E-state index is 0.0911. The van der Waals surface area contributed by atoms with Crippen molar-refractivity contribution in [1.29, 1.82) is 0 Å². The molecule has 4 heteroatoms. The second-order valence-corrected chi connectivity index (χ2v) is 4.75. The van der Waals surface area contributed by atoms with Crippen molar-refractivity contribution in [1.82, 2.24) is 0 Å². The van der Waals surface area contributed by atoms with Crippen LogP contribution < -0.4 is 5.73 Å². The van der Waals surface area contributed by atoms with E-state index in [9.17, 15) is 5.11 Å². The summed E-state index contributed by atoms with van der Waals surface area (Å²) < 4.78 is 5.81. The number of ether oxygens (including phenoxy) is 1. The number of aromatic hydroxyl groups is 1. The quantitative estimate of drug-likeness (QED) is 0.769. The van der Waals surface area contributed by atoms with Gasteiger partial charge in [-0.15, -0.1) is 0 Å². The number of fused-ring (bicyclic) bond motifs is 1. The zero-order chi connectivity index (χ0) is 11.8. The van der Waals surface area contributed by atoms with Crippen molar-refractivity contribution in [2.75, 3.05) is 0 Å². The first-order chi connectivity index (χ1) is 8.24. The lowest BCUT2D eigenvalue weighted by atomic mass is 9.90. The molecule has 0 amide bonds. The van der Waals surface area contributed by atoms with Crippen molar-refractivity contribution in [2.45, 2.75) is 37.5 Å². The number of hydrogen-bond acceptors (Lipinski definition) is 4. The van der Waals surface area contributed by atoms with Crippen molar-refractivity contribution in [3.63, 3.8) is 0 Å². The number of phenolic OH excluding ortho intramolecular Hbond substituents is 1. The van der Waals surface area contributed by atoms with Crippen LogP contribution in [0.25, 0.3) is 0 Å². The molecule has 3 unspecified atom stereocenters. The largest absolute Gasteiger partial charge is 0.507 e. The Hall–Kier alpha value is -1.55. The van der Waals surface area contributed by atoms with Crippen LogP contribution in [0.1, 0.15) is 24.8 Å². The van der Waals surface area contributed by atoms with Crippen LogP contribution in [0, 0.1) is 0 Å². The van der Waals surface area contributed by atoms with E-state index in [-0.39, 0.29) is 23.9 Å². The molecule has 1 aliphatic carbocycles. The lowest BCUT2D eigenvalue weighted by Gasteiger charge is -2.26. The Morgan fingerprint density at radius 1 is 1.29 bits per heavy atom. The van der Waals surface area contributed by atoms with Crippen LogP contribution >= 0.6 is 0 Å². The number of phenols is 1. The van der Waals surface area contributed by atoms with Crippen LogP contribution in [0.2, 0.25) is 0 Å². The van der Waals surface area contributed by atoms with E-state index < -0.39 is 0 Å². The molecule has 0 aromatic heterocycles. The highest BCUT2D eigenvalue weighted by Gasteiger charge is 2.36. The van der Waals surface area contributed by atoms with Gasteiger partial charge in [-0.2, -0.15) is 0 Å². The Kier molecular flexibility index (Phi) is 2.52. The van der Waals surface area contributed by atoms with E-state index in [2.05, 4.69) is 4.99 Å². The lowest BCUT2D eigenvalue weighted by Crippen LogP contribution is -2.37. The molecule has 4 nitrogen and oxygen atoms in total. The van der Waals surface area contributed by atoms with E-state index in [0.29, 0.717) is 11.5 Å². The molecule has 3 rings (SSSR count). The molecular formula is C13H16N2O2. The molecule has 0 bridgehead atoms. The first kappa shape index (κ1) is 10.6. The predicted octanol–water partition coefficient (Wildman–Crippen LogP) is 1.42. The molecule has 3 N–H and O–H groups in total. The first-order valence-corrected chi connectivity index (χ1v) is 6.02. The van der Waals surface area contributed by atoms with Crippen LogP contribution in [-0.4, -0.2) is 29.2 Å². The van der Waals surface area contributed by atoms with E-state index in [1.807, 2.05) is 12.1 Å². The molecule has 1 aromatic rings. The van der Waals surface area contributed by atoms with E-state index in [1.165, 1.54) is 0 Å². The van der Waals surface area contributed by atoms with Crippen molar-refractivity contribution in [3.05, 3.63) is 29.8 Å². The molecule has 0 radical (unpaired) electrons. The summed E-state index contributed by atoms with van der Waals surface area (Å²) in [6.45, 7) is 0. The van der Waals surface area contributed by atoms with Crippen molar-refractivity contribution in [2.24, 2.45) is 10.7 Å². The monoisotopic (exact) mass is 232 g/mol. The molecule has 1 aliphatic heterocycles. The van der Waals surface area contributed by atoms with Gasteiger partial charge in [0.15, 0.2) is 0 Å². The third kappa shape index (κ3) is 1.89. The Morgan fingerprint density at radius 2 is 2.12 bits per heavy atom. The van der Waals surface area contributed by atoms with Gasteiger partial charge < -0.3 is 15.6 Å². The van der Waals surface area contributed by atoms with Crippen LogP contribution in [-0.2, 0) is 4.74 Å². The predicted molar refractivity (Wildman–Crippen MR) is 65.1 cm³/mol. The topological polar surface area (TPSA) is 67.8 Å². The van der Waals surface area contributed by atoms with Crippen molar-refractivity contribution in [3.8, 4) is 5.75 Å². The summed E-state index contributed by atoms with van der Waals surface area (Å²) in [7, 11) is 0. The smallest absolute Gasteiger partial charge is 0.220 e. The highest BCUT2D eigenvalue weighted by Crippen LogP contribution is 2.31. The number of aliphatic imine (C=N–C) groups is 1. The normalized spacial score (nSPS) is 31.6. The van der Waals surface area contributed by atoms with Crippen LogP contribution in [0.15, 0.2) is 29.3 Å². The number of benzene rings is 1. The van der Waals surface area contributed by atoms with Crippen LogP contribution in [0.5, 0.6) is 5.75 Å². The molecular weight excluding hydrogens is 216 g/mol. The van der Waals surface area contributed by atoms with Gasteiger partial charge in [-0.3, -0.25) is 0 Å². The maximum Gasteiger partial charge on any atom is 0.220 e. The molecule has 17 heavy (non-hydrogen) atoms. The summed E-state index contributed by atoms with van der Waals surface area (Å²) in [4.78, 5) is 4.55. The zero-order valence-corrected chi connectivity index (χ0v) is 9.54. The van der Waals surface area contributed by atoms with E-state index >= 15 is 0 Å². The average Bonchev–Trinajstić information content (AvgIpc) is 2.72. The summed E-state index contributed by atoms with van der Waals surface area (Å²) in [5, 5.41) is 9.77. The Bertz CT molecular complexity index is 458. The van der Waals surface area contributed by atoms with Crippen LogP contribution in [0.3, 0.4) is 0 Å². The zero-order valence-electron chi connectivity index (χ0n) is 9.54. The van der Waals surface area contributed by atoms with Gasteiger partial charge in [0.2, 0.25) is 5.90 Å². The van der Waals surface area contributed by atoms with Crippen molar-refractivity contribution < 1.29 is 9.84 Å². The maximum atomic E-state index is 9.77. The number of para-hydroxylation sites is 1. The molecule has 3 atom stereocenters. The van der Waals surface area contributed by atoms with E-state index in [1.54, 1.807) is 12.1 Å². The summed E-state index contributed by atoms with van der Waals surface area (Å²) >= 11 is 0. The minimum atomic E-state index is 0.0911. The minimum Gasteiger partial charge on any atom is -0.507 e. The first-order valence-electron chi connectivity index (χ1n) is 6.02. The van der Waals surface area contributed by atoms with Gasteiger partial charge in [0.1, 0.15) is 11.9 Å². The van der Waals surface area contributed by atoms with Gasteiger partial charge in [0, 0.05) is 12.5 Å². The van der Waals surface area contributed by atoms with E-state index in [4.69, 9.17) is 10.5 Å². The second-order valence-electron chi connectivity index (χ2n) is 4.75. The average molecular weight is 232 g/mol. The molecule has 1 aromatic carbocycles. The fourth-order valence-corrected chi connectivity index (χ4v) is 2.53. The summed E-state index contributed by atoms with van der Waals surface area (Å²) in [5.41, 5.74) is 6.60. The van der Waals surface area contributed by atoms with Gasteiger partial charge in [-0.05, 0) is 25.0 Å². The molecule has 1 saturated carbocycles. The molecule has 1 fully saturated rings. The third-order valence-corrected chi connectivity index (χ3v) is 3.48. The number of nitrogens with zero attached hydrogens (tertiary/aromatic N) is 1. The fraction of sp³-hybridized carbons (Fsp3) is 0.462. The molecule has 0 spiro atoms. The second kappa shape index (κ2) is 4.04. The molecule has 2 aliphatic rings. The SMILES string of the molecule is NC1CCC2N=C(c3ccccc3O)OC2C1. The van der Waals surface area contributed by atoms with E-state index in [0.717, 1.165) is 19.3 Å². The highest BCUT2D eigenvalue weighted by atomic mass is 16.5. The Balaban J connectivity index is 1.85. The molecule has 0 saturated heterocycles. The molecule has 90 valence electrons. The Morgan fingerprint density at radius 3 is 2.94 bits per heavy atom. The van der Waals surface area contributed by atoms with Gasteiger partial charge in [-0.25, -0.2) is 4.99 Å². The number of nitrogens with two attached hydrogens (primary N) is 1. The van der Waals surface area contributed by atoms with Gasteiger partial charge in [-0.1, -0.05) is 12.1 Å². The third-order valence-electron chi connectivity index (χ3n) is 3.48. The van der Waals surface area contributed by atoms with Crippen LogP contribution in [0.4, 0.5) is 0 Å². The van der Waals surface area contributed by atoms with Gasteiger partial charge >= 0.3 is 0 Å². The standard InChI is InChI=1S/C13H16N2O2/c14-8-5-6-10-12(7-8)17-13(15-10)9-3-1-2-4-11(9)16/h1-4,8,10,12,16H,5-7,14H2. The fourth-order valence-electron chi connectivity index (χ4n) is 2.53. The summed E-state index contributed by atoms with van der Waals surface area (Å²) in [6, 6.07) is 7.56. The maximum absolute atomic E-state index is 9.77. The van der Waals surface area contributed by atoms with Gasteiger partial charge in [0.25, 0.3) is 0 Å². The van der Waals surface area contributed by atoms with Crippen molar-refractivity contribution >= 4 is 5.90 Å². The summed E-state index contributed by atoms with van der Waals surface area (Å²) in [5.74, 6) is 0.779. The molecule has 1 heterocycles. The highest BCUT2D eigenvalue weighted by molar-refractivity contribution is 5.97.